The van der Waals surface area contributed by atoms with Crippen LogP contribution in [0.2, 0.25) is 5.02 Å². The summed E-state index contributed by atoms with van der Waals surface area (Å²) < 4.78 is 5.55. The zero-order valence-corrected chi connectivity index (χ0v) is 20.3. The van der Waals surface area contributed by atoms with Crippen LogP contribution in [0.4, 0.5) is 17.1 Å². The molecule has 1 amide bonds. The van der Waals surface area contributed by atoms with Crippen LogP contribution in [0.5, 0.6) is 0 Å². The molecule has 0 fully saturated rings. The van der Waals surface area contributed by atoms with Crippen molar-refractivity contribution in [1.29, 1.82) is 0 Å². The predicted octanol–water partition coefficient (Wildman–Crippen LogP) is 5.83. The summed E-state index contributed by atoms with van der Waals surface area (Å²) in [5, 5.41) is 7.65. The fourth-order valence-corrected chi connectivity index (χ4v) is 4.90. The number of methoxy groups -OCH3 is 1. The number of ketones is 1. The Morgan fingerprint density at radius 1 is 1.00 bits per heavy atom. The minimum absolute atomic E-state index is 0.0347. The molecule has 35 heavy (non-hydrogen) atoms. The van der Waals surface area contributed by atoms with E-state index in [-0.39, 0.29) is 23.8 Å². The average Bonchev–Trinajstić information content (AvgIpc) is 3.04. The van der Waals surface area contributed by atoms with E-state index < -0.39 is 0 Å². The Bertz CT molecular complexity index is 1320. The van der Waals surface area contributed by atoms with Gasteiger partial charge in [0.1, 0.15) is 0 Å². The smallest absolute Gasteiger partial charge is 0.258 e. The molecule has 0 spiro atoms. The van der Waals surface area contributed by atoms with Crippen molar-refractivity contribution in [3.8, 4) is 0 Å². The van der Waals surface area contributed by atoms with Crippen molar-refractivity contribution in [3.63, 3.8) is 0 Å². The molecule has 1 aliphatic heterocycles. The monoisotopic (exact) mass is 487 g/mol. The molecule has 0 radical (unpaired) electrons. The highest BCUT2D eigenvalue weighted by molar-refractivity contribution is 6.30. The molecule has 2 N–H and O–H groups in total. The number of rotatable bonds is 4. The lowest BCUT2D eigenvalue weighted by molar-refractivity contribution is -0.118. The van der Waals surface area contributed by atoms with Crippen LogP contribution < -0.4 is 15.5 Å². The van der Waals surface area contributed by atoms with Crippen LogP contribution in [0, 0.1) is 0 Å². The summed E-state index contributed by atoms with van der Waals surface area (Å²) in [4.78, 5) is 27.9. The largest absolute Gasteiger partial charge is 0.381 e. The first-order valence-electron chi connectivity index (χ1n) is 11.5. The standard InChI is InChI=1S/C28H26ClN3O3/c1-32(28(34)17-7-4-3-5-8-17)20-11-12-22-23(14-20)30-24-15-21(35-2)16-25(33)26(24)27(31-22)18-9-6-10-19(29)13-18/h3-14,21,27,30-31H,15-16H2,1-2H3. The highest BCUT2D eigenvalue weighted by Crippen LogP contribution is 2.42. The molecule has 1 aliphatic carbocycles. The Kier molecular flexibility index (Phi) is 6.32. The van der Waals surface area contributed by atoms with E-state index in [4.69, 9.17) is 16.3 Å². The number of benzene rings is 3. The minimum Gasteiger partial charge on any atom is -0.381 e. The van der Waals surface area contributed by atoms with Crippen LogP contribution in [0.15, 0.2) is 84.1 Å². The maximum atomic E-state index is 13.3. The quantitative estimate of drug-likeness (QED) is 0.484. The van der Waals surface area contributed by atoms with Crippen LogP contribution in [-0.4, -0.2) is 32.0 Å². The number of Topliss-reactive ketones (excluding diaryl/α,β-unsaturated/α-hetero) is 1. The van der Waals surface area contributed by atoms with Gasteiger partial charge in [0.05, 0.1) is 23.5 Å². The van der Waals surface area contributed by atoms with E-state index >= 15 is 0 Å². The number of carbonyl (C=O) groups excluding carboxylic acids is 2. The maximum absolute atomic E-state index is 13.3. The molecule has 1 heterocycles. The van der Waals surface area contributed by atoms with Crippen LogP contribution in [0.1, 0.15) is 34.8 Å². The van der Waals surface area contributed by atoms with E-state index in [1.165, 1.54) is 0 Å². The minimum atomic E-state index is -0.364. The second kappa shape index (κ2) is 9.56. The molecule has 6 nitrogen and oxygen atoms in total. The zero-order chi connectivity index (χ0) is 24.5. The fourth-order valence-electron chi connectivity index (χ4n) is 4.70. The number of hydrogen-bond donors (Lipinski definition) is 2. The summed E-state index contributed by atoms with van der Waals surface area (Å²) in [7, 11) is 3.38. The molecule has 3 aromatic carbocycles. The van der Waals surface area contributed by atoms with E-state index in [1.807, 2.05) is 60.7 Å². The highest BCUT2D eigenvalue weighted by Gasteiger charge is 2.36. The highest BCUT2D eigenvalue weighted by atomic mass is 35.5. The molecule has 0 saturated carbocycles. The summed E-state index contributed by atoms with van der Waals surface area (Å²) in [5.41, 5.74) is 5.38. The Morgan fingerprint density at radius 2 is 1.80 bits per heavy atom. The van der Waals surface area contributed by atoms with Gasteiger partial charge < -0.3 is 20.3 Å². The van der Waals surface area contributed by atoms with Gasteiger partial charge in [0, 0.05) is 54.5 Å². The Hall–Kier alpha value is -3.61. The number of nitrogens with zero attached hydrogens (tertiary/aromatic N) is 1. The van der Waals surface area contributed by atoms with Gasteiger partial charge in [0.2, 0.25) is 0 Å². The van der Waals surface area contributed by atoms with Gasteiger partial charge in [0.25, 0.3) is 5.91 Å². The molecule has 0 saturated heterocycles. The van der Waals surface area contributed by atoms with Gasteiger partial charge in [0.15, 0.2) is 5.78 Å². The van der Waals surface area contributed by atoms with Gasteiger partial charge in [-0.05, 0) is 48.0 Å². The van der Waals surface area contributed by atoms with Gasteiger partial charge in [-0.15, -0.1) is 0 Å². The van der Waals surface area contributed by atoms with E-state index in [2.05, 4.69) is 10.6 Å². The lowest BCUT2D eigenvalue weighted by Gasteiger charge is -2.29. The summed E-state index contributed by atoms with van der Waals surface area (Å²) in [6.45, 7) is 0. The van der Waals surface area contributed by atoms with Gasteiger partial charge in [-0.2, -0.15) is 0 Å². The summed E-state index contributed by atoms with van der Waals surface area (Å²) in [6.07, 6.45) is 0.714. The molecule has 0 bridgehead atoms. The van der Waals surface area contributed by atoms with Gasteiger partial charge >= 0.3 is 0 Å². The predicted molar refractivity (Wildman–Crippen MR) is 139 cm³/mol. The number of hydrogen-bond acceptors (Lipinski definition) is 5. The van der Waals surface area contributed by atoms with Crippen LogP contribution >= 0.6 is 11.6 Å². The molecule has 2 unspecified atom stereocenters. The van der Waals surface area contributed by atoms with Gasteiger partial charge in [-0.25, -0.2) is 0 Å². The van der Waals surface area contributed by atoms with Crippen molar-refractivity contribution in [2.75, 3.05) is 29.7 Å². The first kappa shape index (κ1) is 23.1. The molecule has 178 valence electrons. The van der Waals surface area contributed by atoms with Crippen molar-refractivity contribution in [3.05, 3.63) is 100 Å². The SMILES string of the molecule is COC1CC(=O)C2=C(C1)Nc1cc(N(C)C(=O)c3ccccc3)ccc1NC2c1cccc(Cl)c1. The molecular formula is C28H26ClN3O3. The van der Waals surface area contributed by atoms with Crippen LogP contribution in [0.25, 0.3) is 0 Å². The molecule has 5 rings (SSSR count). The lowest BCUT2D eigenvalue weighted by Crippen LogP contribution is -2.30. The molecule has 0 aromatic heterocycles. The number of ether oxygens (including phenoxy) is 1. The second-order valence-electron chi connectivity index (χ2n) is 8.80. The van der Waals surface area contributed by atoms with Crippen LogP contribution in [0.3, 0.4) is 0 Å². The zero-order valence-electron chi connectivity index (χ0n) is 19.5. The van der Waals surface area contributed by atoms with E-state index in [0.717, 1.165) is 28.3 Å². The number of nitrogens with one attached hydrogen (secondary N) is 2. The number of carbonyl (C=O) groups is 2. The Balaban J connectivity index is 1.56. The molecule has 7 heteroatoms. The number of anilines is 3. The third-order valence-corrected chi connectivity index (χ3v) is 6.81. The molecule has 2 aliphatic rings. The number of halogens is 1. The third-order valence-electron chi connectivity index (χ3n) is 6.58. The van der Waals surface area contributed by atoms with E-state index in [1.54, 1.807) is 31.2 Å². The molecular weight excluding hydrogens is 462 g/mol. The number of fused-ring (bicyclic) bond motifs is 1. The summed E-state index contributed by atoms with van der Waals surface area (Å²) in [5.74, 6) is -0.0661. The number of amides is 1. The summed E-state index contributed by atoms with van der Waals surface area (Å²) in [6, 6.07) is 22.1. The molecule has 3 aromatic rings. The second-order valence-corrected chi connectivity index (χ2v) is 9.24. The van der Waals surface area contributed by atoms with E-state index in [0.29, 0.717) is 29.0 Å². The first-order valence-corrected chi connectivity index (χ1v) is 11.9. The van der Waals surface area contributed by atoms with Crippen molar-refractivity contribution in [2.45, 2.75) is 25.0 Å². The Morgan fingerprint density at radius 3 is 2.54 bits per heavy atom. The Labute approximate surface area is 209 Å². The topological polar surface area (TPSA) is 70.7 Å². The first-order chi connectivity index (χ1) is 16.9. The van der Waals surface area contributed by atoms with Gasteiger partial charge in [-0.3, -0.25) is 9.59 Å². The van der Waals surface area contributed by atoms with Crippen LogP contribution in [-0.2, 0) is 9.53 Å². The van der Waals surface area contributed by atoms with Crippen molar-refractivity contribution >= 4 is 40.4 Å². The lowest BCUT2D eigenvalue weighted by atomic mass is 9.85. The molecule has 2 atom stereocenters. The van der Waals surface area contributed by atoms with Crippen molar-refractivity contribution in [2.24, 2.45) is 0 Å². The van der Waals surface area contributed by atoms with E-state index in [9.17, 15) is 9.59 Å². The van der Waals surface area contributed by atoms with Crippen molar-refractivity contribution < 1.29 is 14.3 Å². The van der Waals surface area contributed by atoms with Crippen molar-refractivity contribution in [1.82, 2.24) is 0 Å². The third kappa shape index (κ3) is 4.55. The average molecular weight is 488 g/mol. The maximum Gasteiger partial charge on any atom is 0.258 e. The summed E-state index contributed by atoms with van der Waals surface area (Å²) >= 11 is 6.30. The fraction of sp³-hybridized carbons (Fsp3) is 0.214. The normalized spacial score (nSPS) is 19.1. The van der Waals surface area contributed by atoms with Gasteiger partial charge in [-0.1, -0.05) is 41.9 Å².